The van der Waals surface area contributed by atoms with Crippen LogP contribution in [0.3, 0.4) is 0 Å². The predicted octanol–water partition coefficient (Wildman–Crippen LogP) is 2.16. The Balaban J connectivity index is 2.79. The SMILES string of the molecule is Fc1ccnc(C=CCS)c1. The number of thiol groups is 1. The largest absolute Gasteiger partial charge is 0.257 e. The maximum absolute atomic E-state index is 12.5. The van der Waals surface area contributed by atoms with Crippen LogP contribution >= 0.6 is 12.6 Å². The van der Waals surface area contributed by atoms with Gasteiger partial charge in [-0.05, 0) is 18.2 Å². The molecule has 3 heteroatoms. The van der Waals surface area contributed by atoms with Gasteiger partial charge in [0.05, 0.1) is 5.69 Å². The molecule has 0 bridgehead atoms. The molecule has 1 rings (SSSR count). The van der Waals surface area contributed by atoms with Gasteiger partial charge in [0.15, 0.2) is 0 Å². The number of hydrogen-bond acceptors (Lipinski definition) is 2. The van der Waals surface area contributed by atoms with Gasteiger partial charge in [-0.2, -0.15) is 12.6 Å². The molecular formula is C8H8FNS. The van der Waals surface area contributed by atoms with Crippen LogP contribution in [0.4, 0.5) is 4.39 Å². The third kappa shape index (κ3) is 2.72. The maximum Gasteiger partial charge on any atom is 0.126 e. The Hall–Kier alpha value is -0.830. The van der Waals surface area contributed by atoms with Crippen LogP contribution in [0.15, 0.2) is 24.4 Å². The molecule has 0 aliphatic heterocycles. The summed E-state index contributed by atoms with van der Waals surface area (Å²) in [4.78, 5) is 3.92. The summed E-state index contributed by atoms with van der Waals surface area (Å²) in [5.74, 6) is 0.372. The van der Waals surface area contributed by atoms with E-state index in [9.17, 15) is 4.39 Å². The molecule has 0 saturated heterocycles. The van der Waals surface area contributed by atoms with E-state index < -0.39 is 0 Å². The highest BCUT2D eigenvalue weighted by Crippen LogP contribution is 2.01. The lowest BCUT2D eigenvalue weighted by atomic mass is 10.3. The van der Waals surface area contributed by atoms with Gasteiger partial charge in [-0.15, -0.1) is 0 Å². The molecule has 1 nitrogen and oxygen atoms in total. The minimum absolute atomic E-state index is 0.265. The highest BCUT2D eigenvalue weighted by Gasteiger charge is 1.89. The number of rotatable bonds is 2. The van der Waals surface area contributed by atoms with Gasteiger partial charge >= 0.3 is 0 Å². The van der Waals surface area contributed by atoms with Crippen molar-refractivity contribution in [3.8, 4) is 0 Å². The second kappa shape index (κ2) is 4.13. The molecule has 0 fully saturated rings. The van der Waals surface area contributed by atoms with E-state index >= 15 is 0 Å². The van der Waals surface area contributed by atoms with Crippen LogP contribution in [0.2, 0.25) is 0 Å². The van der Waals surface area contributed by atoms with Crippen molar-refractivity contribution in [1.82, 2.24) is 4.98 Å². The standard InChI is InChI=1S/C8H8FNS/c9-7-3-4-10-8(6-7)2-1-5-11/h1-4,6,11H,5H2. The first-order valence-corrected chi connectivity index (χ1v) is 3.85. The van der Waals surface area contributed by atoms with Crippen molar-refractivity contribution in [2.45, 2.75) is 0 Å². The summed E-state index contributed by atoms with van der Waals surface area (Å²) in [6, 6.07) is 2.69. The Kier molecular flexibility index (Phi) is 3.11. The second-order valence-corrected chi connectivity index (χ2v) is 2.35. The zero-order valence-corrected chi connectivity index (χ0v) is 6.76. The molecule has 0 atom stereocenters. The molecule has 0 unspecified atom stereocenters. The van der Waals surface area contributed by atoms with Crippen LogP contribution in [0.25, 0.3) is 6.08 Å². The van der Waals surface area contributed by atoms with Gasteiger partial charge in [0.1, 0.15) is 5.82 Å². The van der Waals surface area contributed by atoms with Crippen molar-refractivity contribution in [3.63, 3.8) is 0 Å². The van der Waals surface area contributed by atoms with E-state index in [0.29, 0.717) is 11.4 Å². The van der Waals surface area contributed by atoms with E-state index in [1.165, 1.54) is 18.3 Å². The van der Waals surface area contributed by atoms with E-state index in [0.717, 1.165) is 0 Å². The molecule has 1 aromatic heterocycles. The second-order valence-electron chi connectivity index (χ2n) is 1.98. The number of hydrogen-bond donors (Lipinski definition) is 1. The molecule has 0 saturated carbocycles. The zero-order chi connectivity index (χ0) is 8.10. The lowest BCUT2D eigenvalue weighted by molar-refractivity contribution is 0.625. The third-order valence-corrected chi connectivity index (χ3v) is 1.35. The van der Waals surface area contributed by atoms with Gasteiger partial charge < -0.3 is 0 Å². The van der Waals surface area contributed by atoms with E-state index in [4.69, 9.17) is 0 Å². The molecule has 0 aliphatic rings. The van der Waals surface area contributed by atoms with Crippen molar-refractivity contribution in [2.75, 3.05) is 5.75 Å². The van der Waals surface area contributed by atoms with Crippen LogP contribution in [0.5, 0.6) is 0 Å². The molecule has 58 valence electrons. The van der Waals surface area contributed by atoms with Crippen LogP contribution in [0.1, 0.15) is 5.69 Å². The molecular weight excluding hydrogens is 161 g/mol. The Morgan fingerprint density at radius 2 is 2.45 bits per heavy atom. The smallest absolute Gasteiger partial charge is 0.126 e. The van der Waals surface area contributed by atoms with Crippen molar-refractivity contribution < 1.29 is 4.39 Å². The number of halogens is 1. The maximum atomic E-state index is 12.5. The fraction of sp³-hybridized carbons (Fsp3) is 0.125. The monoisotopic (exact) mass is 169 g/mol. The molecule has 11 heavy (non-hydrogen) atoms. The highest BCUT2D eigenvalue weighted by atomic mass is 32.1. The van der Waals surface area contributed by atoms with Crippen molar-refractivity contribution >= 4 is 18.7 Å². The van der Waals surface area contributed by atoms with Crippen LogP contribution in [-0.4, -0.2) is 10.7 Å². The first kappa shape index (κ1) is 8.27. The summed E-state index contributed by atoms with van der Waals surface area (Å²) in [5.41, 5.74) is 0.624. The van der Waals surface area contributed by atoms with Crippen LogP contribution in [-0.2, 0) is 0 Å². The summed E-state index contributed by atoms with van der Waals surface area (Å²) in [5, 5.41) is 0. The lowest BCUT2D eigenvalue weighted by Crippen LogP contribution is -1.81. The van der Waals surface area contributed by atoms with Gasteiger partial charge in [0, 0.05) is 11.9 Å². The Morgan fingerprint density at radius 1 is 1.64 bits per heavy atom. The van der Waals surface area contributed by atoms with Gasteiger partial charge in [-0.25, -0.2) is 4.39 Å². The average molecular weight is 169 g/mol. The quantitative estimate of drug-likeness (QED) is 0.669. The Labute approximate surface area is 70.4 Å². The Morgan fingerprint density at radius 3 is 3.09 bits per heavy atom. The molecule has 0 N–H and O–H groups in total. The predicted molar refractivity (Wildman–Crippen MR) is 47.1 cm³/mol. The summed E-state index contributed by atoms with van der Waals surface area (Å²) >= 11 is 3.97. The number of nitrogens with zero attached hydrogens (tertiary/aromatic N) is 1. The van der Waals surface area contributed by atoms with E-state index in [2.05, 4.69) is 17.6 Å². The summed E-state index contributed by atoms with van der Waals surface area (Å²) in [6.07, 6.45) is 4.98. The number of aromatic nitrogens is 1. The fourth-order valence-corrected chi connectivity index (χ4v) is 0.791. The first-order valence-electron chi connectivity index (χ1n) is 3.22. The van der Waals surface area contributed by atoms with Crippen LogP contribution in [0, 0.1) is 5.82 Å². The molecule has 0 aliphatic carbocycles. The fourth-order valence-electron chi connectivity index (χ4n) is 0.686. The molecule has 0 radical (unpaired) electrons. The van der Waals surface area contributed by atoms with Crippen molar-refractivity contribution in [3.05, 3.63) is 35.9 Å². The zero-order valence-electron chi connectivity index (χ0n) is 5.87. The third-order valence-electron chi connectivity index (χ3n) is 1.14. The van der Waals surface area contributed by atoms with Crippen molar-refractivity contribution in [2.24, 2.45) is 0 Å². The van der Waals surface area contributed by atoms with Gasteiger partial charge in [0.25, 0.3) is 0 Å². The summed E-state index contributed by atoms with van der Waals surface area (Å²) in [6.45, 7) is 0. The van der Waals surface area contributed by atoms with Gasteiger partial charge in [-0.3, -0.25) is 4.98 Å². The minimum atomic E-state index is -0.265. The summed E-state index contributed by atoms with van der Waals surface area (Å²) in [7, 11) is 0. The normalized spacial score (nSPS) is 10.7. The molecule has 0 spiro atoms. The van der Waals surface area contributed by atoms with Gasteiger partial charge in [-0.1, -0.05) is 6.08 Å². The Bertz CT molecular complexity index is 260. The van der Waals surface area contributed by atoms with E-state index in [1.54, 1.807) is 6.08 Å². The minimum Gasteiger partial charge on any atom is -0.257 e. The van der Waals surface area contributed by atoms with Crippen molar-refractivity contribution in [1.29, 1.82) is 0 Å². The van der Waals surface area contributed by atoms with E-state index in [-0.39, 0.29) is 5.82 Å². The average Bonchev–Trinajstić information content (AvgIpc) is 2.01. The molecule has 0 aromatic carbocycles. The number of pyridine rings is 1. The topological polar surface area (TPSA) is 12.9 Å². The molecule has 0 amide bonds. The first-order chi connectivity index (χ1) is 5.33. The lowest BCUT2D eigenvalue weighted by Gasteiger charge is -1.90. The molecule has 1 aromatic rings. The van der Waals surface area contributed by atoms with Gasteiger partial charge in [0.2, 0.25) is 0 Å². The van der Waals surface area contributed by atoms with Crippen LogP contribution < -0.4 is 0 Å². The van der Waals surface area contributed by atoms with E-state index in [1.807, 2.05) is 6.08 Å². The molecule has 1 heterocycles. The highest BCUT2D eigenvalue weighted by molar-refractivity contribution is 7.80. The summed E-state index contributed by atoms with van der Waals surface area (Å²) < 4.78 is 12.5.